The number of benzene rings is 2. The van der Waals surface area contributed by atoms with Crippen LogP contribution in [0.1, 0.15) is 24.0 Å². The van der Waals surface area contributed by atoms with Crippen LogP contribution in [0.4, 0.5) is 0 Å². The van der Waals surface area contributed by atoms with Crippen LogP contribution in [0.5, 0.6) is 0 Å². The van der Waals surface area contributed by atoms with Crippen LogP contribution in [0, 0.1) is 5.92 Å². The van der Waals surface area contributed by atoms with Crippen LogP contribution in [0.25, 0.3) is 0 Å². The molecule has 0 aliphatic heterocycles. The largest absolute Gasteiger partial charge is 0.313 e. The van der Waals surface area contributed by atoms with Crippen molar-refractivity contribution in [1.29, 1.82) is 0 Å². The summed E-state index contributed by atoms with van der Waals surface area (Å²) in [5, 5.41) is 12.3. The third kappa shape index (κ3) is 6.22. The quantitative estimate of drug-likeness (QED) is 0.379. The second-order valence-corrected chi connectivity index (χ2v) is 5.67. The Morgan fingerprint density at radius 3 is 2.17 bits per heavy atom. The molecule has 3 N–H and O–H groups in total. The van der Waals surface area contributed by atoms with Crippen LogP contribution in [-0.4, -0.2) is 17.7 Å². The number of amides is 1. The van der Waals surface area contributed by atoms with Gasteiger partial charge in [0.15, 0.2) is 0 Å². The second-order valence-electron chi connectivity index (χ2n) is 5.67. The van der Waals surface area contributed by atoms with Crippen LogP contribution < -0.4 is 10.8 Å². The van der Waals surface area contributed by atoms with E-state index in [1.165, 1.54) is 5.56 Å². The summed E-state index contributed by atoms with van der Waals surface area (Å²) in [7, 11) is 0. The Hall–Kier alpha value is -2.17. The van der Waals surface area contributed by atoms with E-state index in [0.717, 1.165) is 31.5 Å². The van der Waals surface area contributed by atoms with Gasteiger partial charge < -0.3 is 5.32 Å². The van der Waals surface area contributed by atoms with E-state index in [0.29, 0.717) is 6.42 Å². The van der Waals surface area contributed by atoms with Crippen molar-refractivity contribution in [1.82, 2.24) is 10.8 Å². The molecule has 2 aromatic carbocycles. The zero-order valence-electron chi connectivity index (χ0n) is 13.2. The standard InChI is InChI=1S/C19H24N2O2/c22-19(21-23)18(14-16-8-3-1-4-9-16)12-7-13-20-15-17-10-5-2-6-11-17/h1-6,8-11,18,20,23H,7,12-15H2,(H,21,22)/t18-/m0/s1. The number of carbonyl (C=O) groups excluding carboxylic acids is 1. The summed E-state index contributed by atoms with van der Waals surface area (Å²) in [6.07, 6.45) is 2.27. The van der Waals surface area contributed by atoms with Gasteiger partial charge in [-0.15, -0.1) is 0 Å². The molecule has 2 rings (SSSR count). The molecule has 23 heavy (non-hydrogen) atoms. The first-order chi connectivity index (χ1) is 11.3. The van der Waals surface area contributed by atoms with Gasteiger partial charge in [-0.3, -0.25) is 10.0 Å². The molecule has 0 aromatic heterocycles. The minimum absolute atomic E-state index is 0.207. The Morgan fingerprint density at radius 1 is 0.957 bits per heavy atom. The summed E-state index contributed by atoms with van der Waals surface area (Å²) in [4.78, 5) is 11.8. The molecular weight excluding hydrogens is 288 g/mol. The summed E-state index contributed by atoms with van der Waals surface area (Å²) in [5.74, 6) is -0.516. The highest BCUT2D eigenvalue weighted by Gasteiger charge is 2.17. The number of hydrogen-bond donors (Lipinski definition) is 3. The topological polar surface area (TPSA) is 61.4 Å². The van der Waals surface area contributed by atoms with Crippen molar-refractivity contribution in [2.24, 2.45) is 5.92 Å². The molecule has 0 aliphatic rings. The first-order valence-corrected chi connectivity index (χ1v) is 8.02. The zero-order valence-corrected chi connectivity index (χ0v) is 13.2. The van der Waals surface area contributed by atoms with Crippen molar-refractivity contribution in [2.45, 2.75) is 25.8 Å². The molecule has 1 amide bonds. The molecule has 0 spiro atoms. The SMILES string of the molecule is O=C(NO)[C@@H](CCCNCc1ccccc1)Cc1ccccc1. The first kappa shape index (κ1) is 17.2. The average molecular weight is 312 g/mol. The van der Waals surface area contributed by atoms with Gasteiger partial charge >= 0.3 is 0 Å². The Kier molecular flexibility index (Phi) is 7.30. The van der Waals surface area contributed by atoms with E-state index in [1.807, 2.05) is 48.5 Å². The maximum absolute atomic E-state index is 11.8. The molecule has 4 nitrogen and oxygen atoms in total. The summed E-state index contributed by atoms with van der Waals surface area (Å²) in [6, 6.07) is 20.1. The van der Waals surface area contributed by atoms with E-state index in [2.05, 4.69) is 17.4 Å². The lowest BCUT2D eigenvalue weighted by atomic mass is 9.94. The fourth-order valence-electron chi connectivity index (χ4n) is 2.62. The molecule has 122 valence electrons. The maximum Gasteiger partial charge on any atom is 0.246 e. The second kappa shape index (κ2) is 9.77. The van der Waals surface area contributed by atoms with Gasteiger partial charge in [-0.1, -0.05) is 60.7 Å². The number of hydrogen-bond acceptors (Lipinski definition) is 3. The van der Waals surface area contributed by atoms with E-state index < -0.39 is 0 Å². The summed E-state index contributed by atoms with van der Waals surface area (Å²) in [6.45, 7) is 1.68. The van der Waals surface area contributed by atoms with Crippen LogP contribution in [0.2, 0.25) is 0 Å². The van der Waals surface area contributed by atoms with E-state index in [1.54, 1.807) is 5.48 Å². The molecule has 0 aliphatic carbocycles. The van der Waals surface area contributed by atoms with Crippen molar-refractivity contribution < 1.29 is 10.0 Å². The van der Waals surface area contributed by atoms with Crippen LogP contribution >= 0.6 is 0 Å². The molecular formula is C19H24N2O2. The molecule has 4 heteroatoms. The highest BCUT2D eigenvalue weighted by molar-refractivity contribution is 5.77. The van der Waals surface area contributed by atoms with Gasteiger partial charge in [0, 0.05) is 12.5 Å². The smallest absolute Gasteiger partial charge is 0.246 e. The molecule has 0 saturated carbocycles. The molecule has 2 aromatic rings. The zero-order chi connectivity index (χ0) is 16.3. The molecule has 0 bridgehead atoms. The molecule has 1 atom stereocenters. The van der Waals surface area contributed by atoms with Crippen molar-refractivity contribution in [3.8, 4) is 0 Å². The van der Waals surface area contributed by atoms with Gasteiger partial charge in [-0.05, 0) is 36.9 Å². The Bertz CT molecular complexity index is 572. The van der Waals surface area contributed by atoms with E-state index in [4.69, 9.17) is 5.21 Å². The van der Waals surface area contributed by atoms with Crippen LogP contribution in [0.3, 0.4) is 0 Å². The molecule has 0 unspecified atom stereocenters. The minimum Gasteiger partial charge on any atom is -0.313 e. The normalized spacial score (nSPS) is 11.9. The van der Waals surface area contributed by atoms with Gasteiger partial charge in [0.05, 0.1) is 0 Å². The van der Waals surface area contributed by atoms with Gasteiger partial charge in [0.25, 0.3) is 0 Å². The fourth-order valence-corrected chi connectivity index (χ4v) is 2.62. The van der Waals surface area contributed by atoms with Gasteiger partial charge in [-0.25, -0.2) is 5.48 Å². The molecule has 0 saturated heterocycles. The van der Waals surface area contributed by atoms with Crippen molar-refractivity contribution >= 4 is 5.91 Å². The summed E-state index contributed by atoms with van der Waals surface area (Å²) >= 11 is 0. The summed E-state index contributed by atoms with van der Waals surface area (Å²) in [5.41, 5.74) is 4.15. The van der Waals surface area contributed by atoms with Crippen molar-refractivity contribution in [2.75, 3.05) is 6.54 Å². The van der Waals surface area contributed by atoms with Gasteiger partial charge in [0.1, 0.15) is 0 Å². The van der Waals surface area contributed by atoms with E-state index in [-0.39, 0.29) is 11.8 Å². The third-order valence-corrected chi connectivity index (χ3v) is 3.88. The van der Waals surface area contributed by atoms with Crippen LogP contribution in [-0.2, 0) is 17.8 Å². The predicted molar refractivity (Wildman–Crippen MR) is 90.9 cm³/mol. The number of carbonyl (C=O) groups is 1. The Morgan fingerprint density at radius 2 is 1.57 bits per heavy atom. The number of nitrogens with one attached hydrogen (secondary N) is 2. The minimum atomic E-state index is -0.308. The van der Waals surface area contributed by atoms with Crippen molar-refractivity contribution in [3.05, 3.63) is 71.8 Å². The van der Waals surface area contributed by atoms with Crippen molar-refractivity contribution in [3.63, 3.8) is 0 Å². The monoisotopic (exact) mass is 312 g/mol. The number of hydroxylamine groups is 1. The fraction of sp³-hybridized carbons (Fsp3) is 0.316. The average Bonchev–Trinajstić information content (AvgIpc) is 2.61. The molecule has 0 heterocycles. The van der Waals surface area contributed by atoms with E-state index in [9.17, 15) is 4.79 Å². The highest BCUT2D eigenvalue weighted by Crippen LogP contribution is 2.14. The van der Waals surface area contributed by atoms with Gasteiger partial charge in [-0.2, -0.15) is 0 Å². The van der Waals surface area contributed by atoms with Gasteiger partial charge in [0.2, 0.25) is 5.91 Å². The third-order valence-electron chi connectivity index (χ3n) is 3.88. The lowest BCUT2D eigenvalue weighted by Crippen LogP contribution is -2.30. The Labute approximate surface area is 137 Å². The Balaban J connectivity index is 1.74. The maximum atomic E-state index is 11.8. The van der Waals surface area contributed by atoms with E-state index >= 15 is 0 Å². The molecule has 0 radical (unpaired) electrons. The first-order valence-electron chi connectivity index (χ1n) is 8.02. The highest BCUT2D eigenvalue weighted by atomic mass is 16.5. The lowest BCUT2D eigenvalue weighted by Gasteiger charge is -2.15. The summed E-state index contributed by atoms with van der Waals surface area (Å²) < 4.78 is 0. The molecule has 0 fully saturated rings. The lowest BCUT2D eigenvalue weighted by molar-refractivity contribution is -0.133. The van der Waals surface area contributed by atoms with Crippen LogP contribution in [0.15, 0.2) is 60.7 Å². The predicted octanol–water partition coefficient (Wildman–Crippen LogP) is 2.92. The number of rotatable bonds is 9.